The third-order valence-corrected chi connectivity index (χ3v) is 7.52. The van der Waals surface area contributed by atoms with Crippen molar-refractivity contribution in [3.8, 4) is 0 Å². The Morgan fingerprint density at radius 1 is 0.541 bits per heavy atom. The van der Waals surface area contributed by atoms with Gasteiger partial charge in [0.25, 0.3) is 0 Å². The van der Waals surface area contributed by atoms with Crippen LogP contribution >= 0.6 is 0 Å². The quantitative estimate of drug-likeness (QED) is 0.264. The molecule has 1 unspecified atom stereocenters. The van der Waals surface area contributed by atoms with Gasteiger partial charge in [0.2, 0.25) is 0 Å². The van der Waals surface area contributed by atoms with E-state index in [4.69, 9.17) is 17.2 Å². The summed E-state index contributed by atoms with van der Waals surface area (Å²) in [5.41, 5.74) is 27.5. The first-order chi connectivity index (χ1) is 18.2. The molecule has 0 fully saturated rings. The van der Waals surface area contributed by atoms with Crippen molar-refractivity contribution in [3.63, 3.8) is 0 Å². The van der Waals surface area contributed by atoms with Crippen molar-refractivity contribution in [2.24, 2.45) is 23.1 Å². The summed E-state index contributed by atoms with van der Waals surface area (Å²) < 4.78 is 0. The van der Waals surface area contributed by atoms with Crippen LogP contribution in [-0.4, -0.2) is 0 Å². The fourth-order valence-corrected chi connectivity index (χ4v) is 5.70. The van der Waals surface area contributed by atoms with E-state index in [9.17, 15) is 0 Å². The predicted molar refractivity (Wildman–Crippen MR) is 154 cm³/mol. The molecule has 0 amide bonds. The molecule has 0 aromatic heterocycles. The number of nitrogens with two attached hydrogens (primary N) is 3. The summed E-state index contributed by atoms with van der Waals surface area (Å²) in [6.07, 6.45) is 7.99. The van der Waals surface area contributed by atoms with Crippen molar-refractivity contribution in [3.05, 3.63) is 166 Å². The maximum Gasteiger partial charge on any atom is 0.0548 e. The number of hydrogen-bond acceptors (Lipinski definition) is 3. The van der Waals surface area contributed by atoms with Gasteiger partial charge in [-0.2, -0.15) is 0 Å². The third-order valence-electron chi connectivity index (χ3n) is 7.52. The molecule has 37 heavy (non-hydrogen) atoms. The van der Waals surface area contributed by atoms with E-state index in [-0.39, 0.29) is 5.92 Å². The van der Waals surface area contributed by atoms with Crippen LogP contribution in [0.15, 0.2) is 127 Å². The van der Waals surface area contributed by atoms with Crippen molar-refractivity contribution in [2.75, 3.05) is 0 Å². The van der Waals surface area contributed by atoms with E-state index in [0.29, 0.717) is 19.6 Å². The first kappa shape index (κ1) is 24.9. The Kier molecular flexibility index (Phi) is 7.47. The molecule has 186 valence electrons. The van der Waals surface area contributed by atoms with Gasteiger partial charge in [0.05, 0.1) is 5.41 Å². The zero-order chi connectivity index (χ0) is 25.7. The van der Waals surface area contributed by atoms with Crippen LogP contribution in [0.25, 0.3) is 0 Å². The second-order valence-electron chi connectivity index (χ2n) is 9.81. The second kappa shape index (κ2) is 11.1. The van der Waals surface area contributed by atoms with E-state index in [0.717, 1.165) is 23.1 Å². The summed E-state index contributed by atoms with van der Waals surface area (Å²) in [6, 6.07) is 36.8. The molecule has 4 aromatic carbocycles. The smallest absolute Gasteiger partial charge is 0.0548 e. The summed E-state index contributed by atoms with van der Waals surface area (Å²) in [7, 11) is 0. The number of allylic oxidation sites excluding steroid dienone is 4. The van der Waals surface area contributed by atoms with Crippen LogP contribution in [0.2, 0.25) is 0 Å². The minimum absolute atomic E-state index is 0.0975. The standard InChI is InChI=1S/C34H35N3/c35-22-27-9-4-12-30(19-27)34(31-13-5-10-28(20-31)23-36,32-14-6-11-29(21-32)24-37)33-16-15-26(18-33)17-25-7-2-1-3-8-25/h1-16,18-21,33H,17,22-24,35-37H2. The lowest BCUT2D eigenvalue weighted by atomic mass is 9.61. The van der Waals surface area contributed by atoms with Gasteiger partial charge in [-0.1, -0.05) is 121 Å². The van der Waals surface area contributed by atoms with Gasteiger partial charge in [-0.25, -0.2) is 0 Å². The summed E-state index contributed by atoms with van der Waals surface area (Å²) in [4.78, 5) is 0. The molecule has 0 saturated heterocycles. The van der Waals surface area contributed by atoms with Gasteiger partial charge >= 0.3 is 0 Å². The topological polar surface area (TPSA) is 78.1 Å². The van der Waals surface area contributed by atoms with E-state index in [2.05, 4.69) is 121 Å². The molecular weight excluding hydrogens is 450 g/mol. The molecule has 3 heteroatoms. The first-order valence-electron chi connectivity index (χ1n) is 13.0. The average Bonchev–Trinajstić information content (AvgIpc) is 3.43. The third kappa shape index (κ3) is 4.94. The Labute approximate surface area is 220 Å². The van der Waals surface area contributed by atoms with E-state index in [1.165, 1.54) is 27.8 Å². The molecule has 3 nitrogen and oxygen atoms in total. The molecule has 4 aromatic rings. The summed E-state index contributed by atoms with van der Waals surface area (Å²) in [5.74, 6) is 0.0975. The van der Waals surface area contributed by atoms with Gasteiger partial charge in [-0.05, 0) is 50.9 Å². The van der Waals surface area contributed by atoms with E-state index < -0.39 is 5.41 Å². The maximum absolute atomic E-state index is 6.13. The van der Waals surface area contributed by atoms with Crippen LogP contribution in [0.1, 0.15) is 38.9 Å². The SMILES string of the molecule is NCc1cccc(C(c2cccc(CN)c2)(c2cccc(CN)c2)C2C=CC(Cc3ccccc3)=C2)c1. The normalized spacial score (nSPS) is 15.1. The Hall–Kier alpha value is -3.76. The fourth-order valence-electron chi connectivity index (χ4n) is 5.70. The number of benzene rings is 4. The molecular formula is C34H35N3. The lowest BCUT2D eigenvalue weighted by Gasteiger charge is -2.40. The van der Waals surface area contributed by atoms with Crippen molar-refractivity contribution in [2.45, 2.75) is 31.5 Å². The zero-order valence-electron chi connectivity index (χ0n) is 21.2. The lowest BCUT2D eigenvalue weighted by Crippen LogP contribution is -2.36. The molecule has 6 N–H and O–H groups in total. The van der Waals surface area contributed by atoms with Crippen LogP contribution in [0.5, 0.6) is 0 Å². The van der Waals surface area contributed by atoms with E-state index in [1.54, 1.807) is 0 Å². The van der Waals surface area contributed by atoms with Crippen molar-refractivity contribution in [1.82, 2.24) is 0 Å². The number of rotatable bonds is 9. The highest BCUT2D eigenvalue weighted by atomic mass is 14.5. The molecule has 5 rings (SSSR count). The average molecular weight is 486 g/mol. The van der Waals surface area contributed by atoms with Gasteiger partial charge in [0.1, 0.15) is 0 Å². The highest BCUT2D eigenvalue weighted by molar-refractivity contribution is 5.57. The molecule has 1 aliphatic carbocycles. The zero-order valence-corrected chi connectivity index (χ0v) is 21.2. The highest BCUT2D eigenvalue weighted by Crippen LogP contribution is 2.49. The van der Waals surface area contributed by atoms with Crippen LogP contribution < -0.4 is 17.2 Å². The molecule has 0 bridgehead atoms. The monoisotopic (exact) mass is 485 g/mol. The Morgan fingerprint density at radius 3 is 1.46 bits per heavy atom. The highest BCUT2D eigenvalue weighted by Gasteiger charge is 2.43. The first-order valence-corrected chi connectivity index (χ1v) is 13.0. The summed E-state index contributed by atoms with van der Waals surface area (Å²) >= 11 is 0. The largest absolute Gasteiger partial charge is 0.326 e. The van der Waals surface area contributed by atoms with Crippen molar-refractivity contribution in [1.29, 1.82) is 0 Å². The molecule has 0 aliphatic heterocycles. The van der Waals surface area contributed by atoms with E-state index >= 15 is 0 Å². The molecule has 0 radical (unpaired) electrons. The minimum atomic E-state index is -0.476. The summed E-state index contributed by atoms with van der Waals surface area (Å²) in [6.45, 7) is 1.47. The predicted octanol–water partition coefficient (Wildman–Crippen LogP) is 5.75. The fraction of sp³-hybridized carbons (Fsp3) is 0.176. The van der Waals surface area contributed by atoms with Gasteiger partial charge in [0.15, 0.2) is 0 Å². The van der Waals surface area contributed by atoms with E-state index in [1.807, 2.05) is 0 Å². The Balaban J connectivity index is 1.77. The van der Waals surface area contributed by atoms with Gasteiger partial charge in [0, 0.05) is 25.6 Å². The molecule has 0 spiro atoms. The van der Waals surface area contributed by atoms with Crippen LogP contribution in [0, 0.1) is 5.92 Å². The molecule has 0 saturated carbocycles. The molecule has 1 atom stereocenters. The van der Waals surface area contributed by atoms with Gasteiger partial charge < -0.3 is 17.2 Å². The Bertz CT molecular complexity index is 1300. The van der Waals surface area contributed by atoms with Crippen LogP contribution in [0.4, 0.5) is 0 Å². The number of hydrogen-bond donors (Lipinski definition) is 3. The minimum Gasteiger partial charge on any atom is -0.326 e. The lowest BCUT2D eigenvalue weighted by molar-refractivity contribution is 0.525. The second-order valence-corrected chi connectivity index (χ2v) is 9.81. The van der Waals surface area contributed by atoms with Gasteiger partial charge in [-0.3, -0.25) is 0 Å². The van der Waals surface area contributed by atoms with Crippen LogP contribution in [-0.2, 0) is 31.5 Å². The summed E-state index contributed by atoms with van der Waals surface area (Å²) in [5, 5.41) is 0. The van der Waals surface area contributed by atoms with Crippen molar-refractivity contribution >= 4 is 0 Å². The Morgan fingerprint density at radius 2 is 1.00 bits per heavy atom. The van der Waals surface area contributed by atoms with Crippen LogP contribution in [0.3, 0.4) is 0 Å². The molecule has 0 heterocycles. The van der Waals surface area contributed by atoms with Gasteiger partial charge in [-0.15, -0.1) is 0 Å². The van der Waals surface area contributed by atoms with Crippen molar-refractivity contribution < 1.29 is 0 Å². The molecule has 1 aliphatic rings. The maximum atomic E-state index is 6.13.